The van der Waals surface area contributed by atoms with Crippen LogP contribution in [0, 0.1) is 0 Å². The Morgan fingerprint density at radius 1 is 1.57 bits per heavy atom. The lowest BCUT2D eigenvalue weighted by atomic mass is 10.2. The fourth-order valence-electron chi connectivity index (χ4n) is 1.08. The van der Waals surface area contributed by atoms with E-state index in [-0.39, 0.29) is 6.04 Å². The van der Waals surface area contributed by atoms with Gasteiger partial charge in [0, 0.05) is 0 Å². The number of nitrogens with one attached hydrogen (secondary N) is 1. The van der Waals surface area contributed by atoms with Crippen LogP contribution >= 0.6 is 23.3 Å². The Bertz CT molecular complexity index is 400. The molecule has 0 saturated carbocycles. The SMILES string of the molecule is CC(Nc1nsnc1Cl)c1ccco1. The van der Waals surface area contributed by atoms with E-state index < -0.39 is 0 Å². The van der Waals surface area contributed by atoms with Gasteiger partial charge in [0.25, 0.3) is 0 Å². The Kier molecular flexibility index (Phi) is 2.69. The van der Waals surface area contributed by atoms with Gasteiger partial charge in [0.05, 0.1) is 24.0 Å². The molecule has 0 spiro atoms. The van der Waals surface area contributed by atoms with Crippen LogP contribution in [0.3, 0.4) is 0 Å². The summed E-state index contributed by atoms with van der Waals surface area (Å²) in [7, 11) is 0. The maximum absolute atomic E-state index is 5.79. The summed E-state index contributed by atoms with van der Waals surface area (Å²) < 4.78 is 13.1. The summed E-state index contributed by atoms with van der Waals surface area (Å²) >= 11 is 6.87. The second kappa shape index (κ2) is 3.98. The Balaban J connectivity index is 2.09. The number of nitrogens with zero attached hydrogens (tertiary/aromatic N) is 2. The van der Waals surface area contributed by atoms with Crippen LogP contribution in [-0.2, 0) is 0 Å². The zero-order valence-electron chi connectivity index (χ0n) is 7.40. The second-order valence-corrected chi connectivity index (χ2v) is 3.67. The maximum Gasteiger partial charge on any atom is 0.186 e. The summed E-state index contributed by atoms with van der Waals surface area (Å²) in [5.41, 5.74) is 0. The van der Waals surface area contributed by atoms with Gasteiger partial charge in [-0.3, -0.25) is 0 Å². The van der Waals surface area contributed by atoms with Crippen LogP contribution in [0.25, 0.3) is 0 Å². The largest absolute Gasteiger partial charge is 0.467 e. The van der Waals surface area contributed by atoms with Gasteiger partial charge in [-0.05, 0) is 19.1 Å². The van der Waals surface area contributed by atoms with Crippen LogP contribution in [0.15, 0.2) is 22.8 Å². The summed E-state index contributed by atoms with van der Waals surface area (Å²) in [6, 6.07) is 3.77. The van der Waals surface area contributed by atoms with E-state index >= 15 is 0 Å². The first-order chi connectivity index (χ1) is 6.77. The molecular weight excluding hydrogens is 222 g/mol. The minimum atomic E-state index is 0.0337. The Labute approximate surface area is 90.2 Å². The highest BCUT2D eigenvalue weighted by Gasteiger charge is 2.12. The van der Waals surface area contributed by atoms with Gasteiger partial charge in [-0.25, -0.2) is 0 Å². The number of hydrogen-bond donors (Lipinski definition) is 1. The van der Waals surface area contributed by atoms with Crippen molar-refractivity contribution >= 4 is 29.1 Å². The smallest absolute Gasteiger partial charge is 0.186 e. The third kappa shape index (κ3) is 1.88. The van der Waals surface area contributed by atoms with Crippen LogP contribution < -0.4 is 5.32 Å². The van der Waals surface area contributed by atoms with Crippen molar-refractivity contribution in [2.45, 2.75) is 13.0 Å². The number of aromatic nitrogens is 2. The highest BCUT2D eigenvalue weighted by Crippen LogP contribution is 2.23. The molecule has 2 aromatic rings. The molecule has 2 rings (SSSR count). The van der Waals surface area contributed by atoms with Crippen LogP contribution in [0.2, 0.25) is 5.15 Å². The fraction of sp³-hybridized carbons (Fsp3) is 0.250. The van der Waals surface area contributed by atoms with E-state index in [2.05, 4.69) is 14.1 Å². The van der Waals surface area contributed by atoms with E-state index in [0.29, 0.717) is 11.0 Å². The van der Waals surface area contributed by atoms with Crippen molar-refractivity contribution in [1.29, 1.82) is 0 Å². The van der Waals surface area contributed by atoms with Gasteiger partial charge in [-0.15, -0.1) is 0 Å². The number of furan rings is 1. The Morgan fingerprint density at radius 3 is 3.00 bits per heavy atom. The van der Waals surface area contributed by atoms with E-state index in [1.807, 2.05) is 19.1 Å². The average Bonchev–Trinajstić information content (AvgIpc) is 2.77. The molecule has 0 radical (unpaired) electrons. The summed E-state index contributed by atoms with van der Waals surface area (Å²) in [5.74, 6) is 1.44. The van der Waals surface area contributed by atoms with Gasteiger partial charge >= 0.3 is 0 Å². The van der Waals surface area contributed by atoms with Gasteiger partial charge in [-0.2, -0.15) is 8.75 Å². The van der Waals surface area contributed by atoms with Crippen LogP contribution in [0.4, 0.5) is 5.82 Å². The van der Waals surface area contributed by atoms with Crippen molar-refractivity contribution in [2.75, 3.05) is 5.32 Å². The van der Waals surface area contributed by atoms with Gasteiger partial charge in [-0.1, -0.05) is 11.6 Å². The zero-order chi connectivity index (χ0) is 9.97. The molecule has 0 aliphatic heterocycles. The lowest BCUT2D eigenvalue weighted by Gasteiger charge is -2.09. The lowest BCUT2D eigenvalue weighted by Crippen LogP contribution is -2.05. The molecule has 1 N–H and O–H groups in total. The molecule has 2 aromatic heterocycles. The molecule has 0 aliphatic rings. The minimum absolute atomic E-state index is 0.0337. The van der Waals surface area contributed by atoms with Crippen LogP contribution in [0.5, 0.6) is 0 Å². The number of halogens is 1. The molecule has 14 heavy (non-hydrogen) atoms. The standard InChI is InChI=1S/C8H8ClN3OS/c1-5(6-3-2-4-13-6)10-8-7(9)11-14-12-8/h2-5H,1H3,(H,10,12). The van der Waals surface area contributed by atoms with Crippen molar-refractivity contribution in [1.82, 2.24) is 8.75 Å². The predicted molar refractivity (Wildman–Crippen MR) is 55.7 cm³/mol. The topological polar surface area (TPSA) is 51.0 Å². The number of rotatable bonds is 3. The zero-order valence-corrected chi connectivity index (χ0v) is 8.97. The number of hydrogen-bond acceptors (Lipinski definition) is 5. The normalized spacial score (nSPS) is 12.7. The van der Waals surface area contributed by atoms with Gasteiger partial charge < -0.3 is 9.73 Å². The molecule has 0 bridgehead atoms. The molecule has 1 unspecified atom stereocenters. The van der Waals surface area contributed by atoms with Gasteiger partial charge in [0.1, 0.15) is 5.76 Å². The molecule has 0 aromatic carbocycles. The summed E-state index contributed by atoms with van der Waals surface area (Å²) in [6.07, 6.45) is 1.63. The van der Waals surface area contributed by atoms with E-state index in [1.54, 1.807) is 6.26 Å². The third-order valence-electron chi connectivity index (χ3n) is 1.77. The number of anilines is 1. The Morgan fingerprint density at radius 2 is 2.43 bits per heavy atom. The Hall–Kier alpha value is -1.07. The first kappa shape index (κ1) is 9.48. The van der Waals surface area contributed by atoms with E-state index in [4.69, 9.17) is 16.0 Å². The van der Waals surface area contributed by atoms with E-state index in [1.165, 1.54) is 0 Å². The van der Waals surface area contributed by atoms with Crippen molar-refractivity contribution in [3.05, 3.63) is 29.3 Å². The molecule has 0 saturated heterocycles. The molecule has 0 aliphatic carbocycles. The highest BCUT2D eigenvalue weighted by molar-refractivity contribution is 6.99. The first-order valence-electron chi connectivity index (χ1n) is 4.05. The monoisotopic (exact) mass is 229 g/mol. The average molecular weight is 230 g/mol. The molecule has 74 valence electrons. The van der Waals surface area contributed by atoms with Crippen LogP contribution in [-0.4, -0.2) is 8.75 Å². The first-order valence-corrected chi connectivity index (χ1v) is 5.16. The van der Waals surface area contributed by atoms with Gasteiger partial charge in [0.15, 0.2) is 11.0 Å². The fourth-order valence-corrected chi connectivity index (χ4v) is 1.74. The second-order valence-electron chi connectivity index (χ2n) is 2.79. The van der Waals surface area contributed by atoms with Crippen LogP contribution in [0.1, 0.15) is 18.7 Å². The molecule has 6 heteroatoms. The third-order valence-corrected chi connectivity index (χ3v) is 2.66. The molecule has 2 heterocycles. The quantitative estimate of drug-likeness (QED) is 0.879. The summed E-state index contributed by atoms with van der Waals surface area (Å²) in [5, 5.41) is 3.50. The highest BCUT2D eigenvalue weighted by atomic mass is 35.5. The molecule has 0 amide bonds. The lowest BCUT2D eigenvalue weighted by molar-refractivity contribution is 0.490. The summed E-state index contributed by atoms with van der Waals surface area (Å²) in [4.78, 5) is 0. The maximum atomic E-state index is 5.79. The van der Waals surface area contributed by atoms with Crippen molar-refractivity contribution in [3.63, 3.8) is 0 Å². The van der Waals surface area contributed by atoms with Crippen molar-refractivity contribution < 1.29 is 4.42 Å². The molecular formula is C8H8ClN3OS. The van der Waals surface area contributed by atoms with Crippen molar-refractivity contribution in [3.8, 4) is 0 Å². The molecule has 0 fully saturated rings. The van der Waals surface area contributed by atoms with Gasteiger partial charge in [0.2, 0.25) is 0 Å². The van der Waals surface area contributed by atoms with E-state index in [0.717, 1.165) is 17.5 Å². The molecule has 4 nitrogen and oxygen atoms in total. The van der Waals surface area contributed by atoms with E-state index in [9.17, 15) is 0 Å². The molecule has 1 atom stereocenters. The summed E-state index contributed by atoms with van der Waals surface area (Å²) in [6.45, 7) is 1.97. The minimum Gasteiger partial charge on any atom is -0.467 e. The predicted octanol–water partition coefficient (Wildman–Crippen LogP) is 2.96. The van der Waals surface area contributed by atoms with Crippen molar-refractivity contribution in [2.24, 2.45) is 0 Å².